The minimum atomic E-state index is -4.41. The van der Waals surface area contributed by atoms with Crippen molar-refractivity contribution in [2.75, 3.05) is 7.11 Å². The third kappa shape index (κ3) is 1.58. The summed E-state index contributed by atoms with van der Waals surface area (Å²) >= 11 is 0. The van der Waals surface area contributed by atoms with E-state index in [1.165, 1.54) is 19.4 Å². The molecule has 3 fully saturated rings. The van der Waals surface area contributed by atoms with Crippen molar-refractivity contribution >= 4 is 5.97 Å². The van der Waals surface area contributed by atoms with Crippen LogP contribution >= 0.6 is 0 Å². The van der Waals surface area contributed by atoms with E-state index in [0.29, 0.717) is 19.3 Å². The topological polar surface area (TPSA) is 39.2 Å². The minimum absolute atomic E-state index is 0.161. The molecule has 0 atom stereocenters. The van der Waals surface area contributed by atoms with Gasteiger partial charge in [-0.25, -0.2) is 0 Å². The smallest absolute Gasteiger partial charge is 0.433 e. The fraction of sp³-hybridized carbons (Fsp3) is 0.538. The molecule has 0 unspecified atom stereocenters. The van der Waals surface area contributed by atoms with Gasteiger partial charge in [0.15, 0.2) is 0 Å². The molecule has 3 saturated carbocycles. The molecule has 4 rings (SSSR count). The van der Waals surface area contributed by atoms with Crippen molar-refractivity contribution in [2.24, 2.45) is 5.41 Å². The van der Waals surface area contributed by atoms with Crippen molar-refractivity contribution in [1.29, 1.82) is 0 Å². The highest BCUT2D eigenvalue weighted by molar-refractivity contribution is 5.82. The van der Waals surface area contributed by atoms with Gasteiger partial charge in [0.2, 0.25) is 0 Å². The summed E-state index contributed by atoms with van der Waals surface area (Å²) < 4.78 is 42.0. The van der Waals surface area contributed by atoms with E-state index in [4.69, 9.17) is 4.74 Å². The summed E-state index contributed by atoms with van der Waals surface area (Å²) in [5, 5.41) is 0. The number of hydrogen-bond donors (Lipinski definition) is 0. The zero-order valence-electron chi connectivity index (χ0n) is 10.3. The normalized spacial score (nSPS) is 32.2. The van der Waals surface area contributed by atoms with Crippen LogP contribution in [-0.4, -0.2) is 18.1 Å². The number of esters is 1. The lowest BCUT2D eigenvalue weighted by molar-refractivity contribution is -0.198. The van der Waals surface area contributed by atoms with E-state index in [0.717, 1.165) is 11.6 Å². The van der Waals surface area contributed by atoms with Gasteiger partial charge < -0.3 is 4.74 Å². The second-order valence-electron chi connectivity index (χ2n) is 5.51. The molecule has 0 radical (unpaired) electrons. The van der Waals surface area contributed by atoms with E-state index in [1.54, 1.807) is 0 Å². The van der Waals surface area contributed by atoms with Crippen molar-refractivity contribution < 1.29 is 22.7 Å². The van der Waals surface area contributed by atoms with E-state index in [-0.39, 0.29) is 11.4 Å². The molecule has 3 aliphatic rings. The van der Waals surface area contributed by atoms with Crippen LogP contribution in [0, 0.1) is 5.41 Å². The molecule has 19 heavy (non-hydrogen) atoms. The Kier molecular flexibility index (Phi) is 2.29. The number of carbonyl (C=O) groups excluding carboxylic acids is 1. The van der Waals surface area contributed by atoms with Gasteiger partial charge in [-0.3, -0.25) is 9.78 Å². The van der Waals surface area contributed by atoms with Gasteiger partial charge >= 0.3 is 12.1 Å². The van der Waals surface area contributed by atoms with Crippen molar-refractivity contribution in [3.05, 3.63) is 29.6 Å². The van der Waals surface area contributed by atoms with Crippen LogP contribution in [0.2, 0.25) is 0 Å². The van der Waals surface area contributed by atoms with Gasteiger partial charge in [0.1, 0.15) is 5.69 Å². The van der Waals surface area contributed by atoms with Crippen LogP contribution in [0.25, 0.3) is 0 Å². The van der Waals surface area contributed by atoms with Gasteiger partial charge in [0.05, 0.1) is 12.5 Å². The average Bonchev–Trinajstić information content (AvgIpc) is 2.24. The Hall–Kier alpha value is -1.59. The Bertz CT molecular complexity index is 516. The third-order valence-electron chi connectivity index (χ3n) is 4.32. The lowest BCUT2D eigenvalue weighted by atomic mass is 9.33. The monoisotopic (exact) mass is 271 g/mol. The standard InChI is InChI=1S/C13H12F3NO2/c1-19-10(18)12-5-11(6-12,7-12)8-2-3-9(17-4-8)13(14,15)16/h2-4H,5-7H2,1H3. The molecule has 0 saturated heterocycles. The molecular weight excluding hydrogens is 259 g/mol. The molecule has 2 bridgehead atoms. The van der Waals surface area contributed by atoms with Crippen LogP contribution in [0.1, 0.15) is 30.5 Å². The maximum atomic E-state index is 12.4. The number of aromatic nitrogens is 1. The van der Waals surface area contributed by atoms with E-state index >= 15 is 0 Å². The predicted molar refractivity (Wildman–Crippen MR) is 59.2 cm³/mol. The number of pyridine rings is 1. The first kappa shape index (κ1) is 12.4. The van der Waals surface area contributed by atoms with Crippen LogP contribution in [0.15, 0.2) is 18.3 Å². The van der Waals surface area contributed by atoms with Gasteiger partial charge in [-0.1, -0.05) is 6.07 Å². The van der Waals surface area contributed by atoms with E-state index < -0.39 is 17.3 Å². The summed E-state index contributed by atoms with van der Waals surface area (Å²) in [5.74, 6) is -0.214. The number of ether oxygens (including phenoxy) is 1. The van der Waals surface area contributed by atoms with E-state index in [1.807, 2.05) is 0 Å². The number of alkyl halides is 3. The molecule has 3 nitrogen and oxygen atoms in total. The Morgan fingerprint density at radius 1 is 1.32 bits per heavy atom. The van der Waals surface area contributed by atoms with Crippen LogP contribution in [-0.2, 0) is 21.1 Å². The number of hydrogen-bond acceptors (Lipinski definition) is 3. The minimum Gasteiger partial charge on any atom is -0.469 e. The maximum absolute atomic E-state index is 12.4. The molecule has 0 N–H and O–H groups in total. The zero-order chi connectivity index (χ0) is 13.9. The summed E-state index contributed by atoms with van der Waals surface area (Å²) in [6.07, 6.45) is -1.17. The van der Waals surface area contributed by atoms with Gasteiger partial charge in [-0.05, 0) is 30.9 Å². The first-order chi connectivity index (χ1) is 8.81. The summed E-state index contributed by atoms with van der Waals surface area (Å²) in [5.41, 5.74) is -0.653. The lowest BCUT2D eigenvalue weighted by Crippen LogP contribution is -2.68. The fourth-order valence-electron chi connectivity index (χ4n) is 3.40. The quantitative estimate of drug-likeness (QED) is 0.776. The van der Waals surface area contributed by atoms with E-state index in [2.05, 4.69) is 4.98 Å². The molecule has 0 amide bonds. The first-order valence-electron chi connectivity index (χ1n) is 5.94. The number of methoxy groups -OCH3 is 1. The largest absolute Gasteiger partial charge is 0.469 e. The Labute approximate surface area is 107 Å². The average molecular weight is 271 g/mol. The molecule has 102 valence electrons. The zero-order valence-corrected chi connectivity index (χ0v) is 10.3. The fourth-order valence-corrected chi connectivity index (χ4v) is 3.40. The first-order valence-corrected chi connectivity index (χ1v) is 5.94. The van der Waals surface area contributed by atoms with Gasteiger partial charge in [0, 0.05) is 11.6 Å². The highest BCUT2D eigenvalue weighted by atomic mass is 19.4. The van der Waals surface area contributed by atoms with Gasteiger partial charge in [-0.2, -0.15) is 13.2 Å². The third-order valence-corrected chi connectivity index (χ3v) is 4.32. The Morgan fingerprint density at radius 3 is 2.37 bits per heavy atom. The molecule has 6 heteroatoms. The van der Waals surface area contributed by atoms with Crippen LogP contribution in [0.5, 0.6) is 0 Å². The van der Waals surface area contributed by atoms with Gasteiger partial charge in [0.25, 0.3) is 0 Å². The Morgan fingerprint density at radius 2 is 1.95 bits per heavy atom. The highest BCUT2D eigenvalue weighted by Gasteiger charge is 2.72. The van der Waals surface area contributed by atoms with Crippen molar-refractivity contribution in [3.8, 4) is 0 Å². The SMILES string of the molecule is COC(=O)C12CC(c3ccc(C(F)(F)F)nc3)(C1)C2. The molecule has 0 aliphatic heterocycles. The summed E-state index contributed by atoms with van der Waals surface area (Å²) in [6.45, 7) is 0. The molecule has 1 heterocycles. The van der Waals surface area contributed by atoms with E-state index in [9.17, 15) is 18.0 Å². The Balaban J connectivity index is 1.76. The predicted octanol–water partition coefficient (Wildman–Crippen LogP) is 2.70. The highest BCUT2D eigenvalue weighted by Crippen LogP contribution is 2.73. The van der Waals surface area contributed by atoms with Crippen molar-refractivity contribution in [2.45, 2.75) is 30.9 Å². The number of rotatable bonds is 2. The molecular formula is C13H12F3NO2. The van der Waals surface area contributed by atoms with Crippen molar-refractivity contribution in [3.63, 3.8) is 0 Å². The second kappa shape index (κ2) is 3.49. The summed E-state index contributed by atoms with van der Waals surface area (Å²) in [7, 11) is 1.36. The van der Waals surface area contributed by atoms with Crippen LogP contribution in [0.3, 0.4) is 0 Å². The maximum Gasteiger partial charge on any atom is 0.433 e. The number of halogens is 3. The van der Waals surface area contributed by atoms with Crippen LogP contribution < -0.4 is 0 Å². The lowest BCUT2D eigenvalue weighted by Gasteiger charge is -2.68. The molecule has 1 aromatic heterocycles. The molecule has 0 spiro atoms. The van der Waals surface area contributed by atoms with Crippen LogP contribution in [0.4, 0.5) is 13.2 Å². The molecule has 1 aromatic rings. The number of nitrogens with zero attached hydrogens (tertiary/aromatic N) is 1. The summed E-state index contributed by atoms with van der Waals surface area (Å²) in [6, 6.07) is 2.47. The summed E-state index contributed by atoms with van der Waals surface area (Å²) in [4.78, 5) is 15.0. The van der Waals surface area contributed by atoms with Crippen molar-refractivity contribution in [1.82, 2.24) is 4.98 Å². The van der Waals surface area contributed by atoms with Gasteiger partial charge in [-0.15, -0.1) is 0 Å². The second-order valence-corrected chi connectivity index (χ2v) is 5.51. The molecule has 0 aromatic carbocycles. The number of carbonyl (C=O) groups is 1. The molecule has 3 aliphatic carbocycles.